The van der Waals surface area contributed by atoms with Crippen LogP contribution in [0.25, 0.3) is 0 Å². The number of nitrogens with one attached hydrogen (secondary N) is 1. The van der Waals surface area contributed by atoms with Gasteiger partial charge in [0.05, 0.1) is 6.61 Å². The number of aromatic nitrogens is 2. The van der Waals surface area contributed by atoms with Crippen LogP contribution < -0.4 is 15.0 Å². The van der Waals surface area contributed by atoms with Crippen molar-refractivity contribution in [2.24, 2.45) is 5.92 Å². The van der Waals surface area contributed by atoms with Crippen molar-refractivity contribution >= 4 is 5.95 Å². The van der Waals surface area contributed by atoms with Gasteiger partial charge in [-0.15, -0.1) is 0 Å². The number of hydrogen-bond acceptors (Lipinski definition) is 5. The summed E-state index contributed by atoms with van der Waals surface area (Å²) in [4.78, 5) is 11.5. The lowest BCUT2D eigenvalue weighted by Crippen LogP contribution is -2.40. The van der Waals surface area contributed by atoms with Crippen LogP contribution in [0.5, 0.6) is 5.88 Å². The summed E-state index contributed by atoms with van der Waals surface area (Å²) >= 11 is 0. The maximum atomic E-state index is 5.65. The van der Waals surface area contributed by atoms with Crippen LogP contribution in [0, 0.1) is 5.92 Å². The quantitative estimate of drug-likeness (QED) is 0.834. The van der Waals surface area contributed by atoms with Gasteiger partial charge in [0.15, 0.2) is 0 Å². The zero-order chi connectivity index (χ0) is 14.5. The number of nitrogens with zero attached hydrogens (tertiary/aromatic N) is 3. The van der Waals surface area contributed by atoms with E-state index in [0.717, 1.165) is 32.0 Å². The zero-order valence-electron chi connectivity index (χ0n) is 12.9. The summed E-state index contributed by atoms with van der Waals surface area (Å²) in [6, 6.07) is 2.49. The van der Waals surface area contributed by atoms with Gasteiger partial charge in [-0.3, -0.25) is 0 Å². The van der Waals surface area contributed by atoms with Crippen molar-refractivity contribution in [3.05, 3.63) is 12.3 Å². The van der Waals surface area contributed by atoms with E-state index < -0.39 is 0 Å². The minimum atomic E-state index is 0.633. The molecule has 1 aromatic rings. The third kappa shape index (κ3) is 4.06. The Kier molecular flexibility index (Phi) is 4.91. The van der Waals surface area contributed by atoms with E-state index in [9.17, 15) is 0 Å². The van der Waals surface area contributed by atoms with Crippen molar-refractivity contribution in [1.82, 2.24) is 15.3 Å². The van der Waals surface area contributed by atoms with E-state index in [4.69, 9.17) is 4.74 Å². The molecular formula is C16H26N4O. The molecule has 0 bridgehead atoms. The molecule has 21 heavy (non-hydrogen) atoms. The molecule has 1 aromatic heterocycles. The Hall–Kier alpha value is -1.36. The molecule has 5 heteroatoms. The van der Waals surface area contributed by atoms with Gasteiger partial charge < -0.3 is 15.0 Å². The van der Waals surface area contributed by atoms with Gasteiger partial charge in [0.1, 0.15) is 0 Å². The van der Waals surface area contributed by atoms with E-state index in [1.807, 2.05) is 12.3 Å². The van der Waals surface area contributed by atoms with Gasteiger partial charge in [-0.2, -0.15) is 4.98 Å². The Morgan fingerprint density at radius 3 is 3.00 bits per heavy atom. The molecule has 1 saturated carbocycles. The number of rotatable bonds is 7. The van der Waals surface area contributed by atoms with Crippen LogP contribution in [-0.2, 0) is 0 Å². The van der Waals surface area contributed by atoms with E-state index in [1.54, 1.807) is 0 Å². The first-order valence-electron chi connectivity index (χ1n) is 8.30. The largest absolute Gasteiger partial charge is 0.478 e. The maximum absolute atomic E-state index is 5.65. The van der Waals surface area contributed by atoms with Gasteiger partial charge in [-0.05, 0) is 51.1 Å². The third-order valence-corrected chi connectivity index (χ3v) is 4.17. The average Bonchev–Trinajstić information content (AvgIpc) is 3.37. The number of ether oxygens (including phenoxy) is 1. The third-order valence-electron chi connectivity index (χ3n) is 4.17. The highest BCUT2D eigenvalue weighted by atomic mass is 16.5. The van der Waals surface area contributed by atoms with E-state index in [-0.39, 0.29) is 0 Å². The van der Waals surface area contributed by atoms with Crippen LogP contribution in [0.1, 0.15) is 39.0 Å². The SMILES string of the molecule is CCCOc1ccnc(N(CC2CCCNC2)C2CC2)n1. The van der Waals surface area contributed by atoms with Gasteiger partial charge >= 0.3 is 0 Å². The molecule has 5 nitrogen and oxygen atoms in total. The van der Waals surface area contributed by atoms with Crippen LogP contribution in [0.3, 0.4) is 0 Å². The predicted molar refractivity (Wildman–Crippen MR) is 83.8 cm³/mol. The summed E-state index contributed by atoms with van der Waals surface area (Å²) in [6.45, 7) is 6.17. The minimum Gasteiger partial charge on any atom is -0.478 e. The summed E-state index contributed by atoms with van der Waals surface area (Å²) in [5.74, 6) is 2.26. The first kappa shape index (κ1) is 14.6. The number of hydrogen-bond donors (Lipinski definition) is 1. The molecule has 1 aliphatic heterocycles. The molecule has 2 aliphatic rings. The Balaban J connectivity index is 1.67. The Morgan fingerprint density at radius 1 is 1.38 bits per heavy atom. The van der Waals surface area contributed by atoms with Gasteiger partial charge in [-0.25, -0.2) is 4.98 Å². The second-order valence-electron chi connectivity index (χ2n) is 6.14. The molecule has 3 rings (SSSR count). The second kappa shape index (κ2) is 7.07. The van der Waals surface area contributed by atoms with Gasteiger partial charge in [0.2, 0.25) is 11.8 Å². The van der Waals surface area contributed by atoms with E-state index in [1.165, 1.54) is 25.7 Å². The lowest BCUT2D eigenvalue weighted by atomic mass is 9.99. The first-order chi connectivity index (χ1) is 10.4. The first-order valence-corrected chi connectivity index (χ1v) is 8.30. The number of piperidine rings is 1. The molecule has 0 spiro atoms. The highest BCUT2D eigenvalue weighted by molar-refractivity contribution is 5.36. The van der Waals surface area contributed by atoms with E-state index in [2.05, 4.69) is 27.1 Å². The molecule has 2 heterocycles. The fraction of sp³-hybridized carbons (Fsp3) is 0.750. The standard InChI is InChI=1S/C16H26N4O/c1-2-10-21-15-7-9-18-16(19-15)20(14-5-6-14)12-13-4-3-8-17-11-13/h7,9,13-14,17H,2-6,8,10-12H2,1H3. The van der Waals surface area contributed by atoms with Crippen molar-refractivity contribution < 1.29 is 4.74 Å². The van der Waals surface area contributed by atoms with Gasteiger partial charge in [-0.1, -0.05) is 6.92 Å². The second-order valence-corrected chi connectivity index (χ2v) is 6.14. The van der Waals surface area contributed by atoms with Crippen LogP contribution in [0.4, 0.5) is 5.95 Å². The number of anilines is 1. The lowest BCUT2D eigenvalue weighted by Gasteiger charge is -2.30. The highest BCUT2D eigenvalue weighted by Gasteiger charge is 2.32. The molecule has 1 atom stereocenters. The van der Waals surface area contributed by atoms with Crippen LogP contribution in [-0.4, -0.2) is 42.3 Å². The molecule has 0 radical (unpaired) electrons. The van der Waals surface area contributed by atoms with Crippen molar-refractivity contribution in [3.8, 4) is 5.88 Å². The van der Waals surface area contributed by atoms with Crippen molar-refractivity contribution in [2.75, 3.05) is 31.1 Å². The van der Waals surface area contributed by atoms with E-state index in [0.29, 0.717) is 24.4 Å². The summed E-state index contributed by atoms with van der Waals surface area (Å²) in [5.41, 5.74) is 0. The van der Waals surface area contributed by atoms with Crippen molar-refractivity contribution in [2.45, 2.75) is 45.1 Å². The minimum absolute atomic E-state index is 0.633. The van der Waals surface area contributed by atoms with Crippen molar-refractivity contribution in [3.63, 3.8) is 0 Å². The Morgan fingerprint density at radius 2 is 2.29 bits per heavy atom. The molecule has 1 aliphatic carbocycles. The smallest absolute Gasteiger partial charge is 0.228 e. The highest BCUT2D eigenvalue weighted by Crippen LogP contribution is 2.31. The summed E-state index contributed by atoms with van der Waals surface area (Å²) < 4.78 is 5.65. The zero-order valence-corrected chi connectivity index (χ0v) is 12.9. The van der Waals surface area contributed by atoms with Crippen LogP contribution >= 0.6 is 0 Å². The normalized spacial score (nSPS) is 22.0. The fourth-order valence-corrected chi connectivity index (χ4v) is 2.90. The molecule has 1 unspecified atom stereocenters. The van der Waals surface area contributed by atoms with Crippen LogP contribution in [0.2, 0.25) is 0 Å². The van der Waals surface area contributed by atoms with E-state index >= 15 is 0 Å². The molecule has 0 amide bonds. The van der Waals surface area contributed by atoms with Gasteiger partial charge in [0.25, 0.3) is 0 Å². The molecule has 2 fully saturated rings. The Labute approximate surface area is 127 Å². The molecule has 1 N–H and O–H groups in total. The molecule has 1 saturated heterocycles. The van der Waals surface area contributed by atoms with Gasteiger partial charge in [0, 0.05) is 24.8 Å². The van der Waals surface area contributed by atoms with Crippen LogP contribution in [0.15, 0.2) is 12.3 Å². The predicted octanol–water partition coefficient (Wildman–Crippen LogP) is 2.23. The topological polar surface area (TPSA) is 50.3 Å². The Bertz CT molecular complexity index is 444. The molecular weight excluding hydrogens is 264 g/mol. The monoisotopic (exact) mass is 290 g/mol. The maximum Gasteiger partial charge on any atom is 0.228 e. The fourth-order valence-electron chi connectivity index (χ4n) is 2.90. The van der Waals surface area contributed by atoms with Crippen molar-refractivity contribution in [1.29, 1.82) is 0 Å². The summed E-state index contributed by atoms with van der Waals surface area (Å²) in [7, 11) is 0. The summed E-state index contributed by atoms with van der Waals surface area (Å²) in [5, 5.41) is 3.50. The summed E-state index contributed by atoms with van der Waals surface area (Å²) in [6.07, 6.45) is 7.94. The molecule has 116 valence electrons. The average molecular weight is 290 g/mol. The lowest BCUT2D eigenvalue weighted by molar-refractivity contribution is 0.304. The molecule has 0 aromatic carbocycles.